The topological polar surface area (TPSA) is 29.5 Å². The number of halogens is 1. The number of hydrogen-bond acceptors (Lipinski definition) is 3. The van der Waals surface area contributed by atoms with Crippen LogP contribution in [0.25, 0.3) is 0 Å². The second-order valence-corrected chi connectivity index (χ2v) is 7.00. The summed E-state index contributed by atoms with van der Waals surface area (Å²) < 4.78 is 6.11. The van der Waals surface area contributed by atoms with E-state index in [2.05, 4.69) is 22.9 Å². The highest BCUT2D eigenvalue weighted by molar-refractivity contribution is 9.11. The number of amides is 1. The first-order valence-corrected chi connectivity index (χ1v) is 7.84. The molecular weight excluding hydrogens is 314 g/mol. The molecule has 0 aliphatic heterocycles. The molecule has 1 heterocycles. The Morgan fingerprint density at radius 1 is 1.67 bits per heavy atom. The van der Waals surface area contributed by atoms with E-state index in [0.29, 0.717) is 25.1 Å². The summed E-state index contributed by atoms with van der Waals surface area (Å²) in [6.45, 7) is 3.40. The van der Waals surface area contributed by atoms with Gasteiger partial charge in [0.2, 0.25) is 0 Å². The van der Waals surface area contributed by atoms with E-state index in [1.165, 1.54) is 12.8 Å². The summed E-state index contributed by atoms with van der Waals surface area (Å²) in [6.07, 6.45) is 2.48. The van der Waals surface area contributed by atoms with E-state index in [0.717, 1.165) is 9.35 Å². The maximum Gasteiger partial charge on any atom is 0.255 e. The summed E-state index contributed by atoms with van der Waals surface area (Å²) in [5.41, 5.74) is 0.774. The van der Waals surface area contributed by atoms with Gasteiger partial charge in [-0.05, 0) is 47.7 Å². The van der Waals surface area contributed by atoms with Crippen molar-refractivity contribution in [3.05, 3.63) is 20.8 Å². The Balaban J connectivity index is 2.09. The van der Waals surface area contributed by atoms with E-state index in [4.69, 9.17) is 4.74 Å². The summed E-state index contributed by atoms with van der Waals surface area (Å²) in [5, 5.41) is 1.91. The molecule has 1 atom stereocenters. The van der Waals surface area contributed by atoms with Gasteiger partial charge >= 0.3 is 0 Å². The van der Waals surface area contributed by atoms with Gasteiger partial charge in [0.05, 0.1) is 16.0 Å². The van der Waals surface area contributed by atoms with E-state index in [9.17, 15) is 4.79 Å². The fourth-order valence-corrected chi connectivity index (χ4v) is 3.23. The minimum absolute atomic E-state index is 0.119. The average molecular weight is 332 g/mol. The van der Waals surface area contributed by atoms with Crippen LogP contribution in [0.15, 0.2) is 15.2 Å². The highest BCUT2D eigenvalue weighted by Gasteiger charge is 2.34. The number of rotatable bonds is 6. The number of methoxy groups -OCH3 is 1. The Labute approximate surface area is 120 Å². The van der Waals surface area contributed by atoms with E-state index in [1.54, 1.807) is 18.4 Å². The van der Waals surface area contributed by atoms with E-state index >= 15 is 0 Å². The van der Waals surface area contributed by atoms with Crippen molar-refractivity contribution in [2.24, 2.45) is 5.92 Å². The highest BCUT2D eigenvalue weighted by atomic mass is 79.9. The predicted octanol–water partition coefficient (Wildman–Crippen LogP) is 3.40. The first-order chi connectivity index (χ1) is 8.63. The third-order valence-corrected chi connectivity index (χ3v) is 4.91. The van der Waals surface area contributed by atoms with Crippen LogP contribution in [0.1, 0.15) is 30.1 Å². The lowest BCUT2D eigenvalue weighted by molar-refractivity contribution is 0.0595. The number of nitrogens with zero attached hydrogens (tertiary/aromatic N) is 1. The SMILES string of the molecule is COCCN(C(=O)c1csc(Br)c1)C(C)C1CC1. The molecule has 5 heteroatoms. The van der Waals surface area contributed by atoms with Crippen molar-refractivity contribution in [1.29, 1.82) is 0 Å². The van der Waals surface area contributed by atoms with Crippen molar-refractivity contribution in [1.82, 2.24) is 4.90 Å². The molecule has 1 aliphatic rings. The first-order valence-electron chi connectivity index (χ1n) is 6.17. The minimum Gasteiger partial charge on any atom is -0.383 e. The Hall–Kier alpha value is -0.390. The monoisotopic (exact) mass is 331 g/mol. The quantitative estimate of drug-likeness (QED) is 0.799. The Kier molecular flexibility index (Phi) is 4.81. The molecule has 3 nitrogen and oxygen atoms in total. The minimum atomic E-state index is 0.119. The number of carbonyl (C=O) groups excluding carboxylic acids is 1. The van der Waals surface area contributed by atoms with Crippen LogP contribution in [0.5, 0.6) is 0 Å². The van der Waals surface area contributed by atoms with Crippen molar-refractivity contribution in [2.75, 3.05) is 20.3 Å². The van der Waals surface area contributed by atoms with Crippen molar-refractivity contribution in [3.8, 4) is 0 Å². The standard InChI is InChI=1S/C13H18BrNO2S/c1-9(10-3-4-10)15(5-6-17-2)13(16)11-7-12(14)18-8-11/h7-10H,3-6H2,1-2H3. The summed E-state index contributed by atoms with van der Waals surface area (Å²) in [7, 11) is 1.67. The Morgan fingerprint density at radius 3 is 2.89 bits per heavy atom. The van der Waals surface area contributed by atoms with Gasteiger partial charge < -0.3 is 9.64 Å². The molecular formula is C13H18BrNO2S. The molecule has 100 valence electrons. The van der Waals surface area contributed by atoms with Gasteiger partial charge in [-0.1, -0.05) is 0 Å². The van der Waals surface area contributed by atoms with Crippen molar-refractivity contribution < 1.29 is 9.53 Å². The molecule has 1 fully saturated rings. The van der Waals surface area contributed by atoms with Crippen molar-refractivity contribution in [3.63, 3.8) is 0 Å². The largest absolute Gasteiger partial charge is 0.383 e. The molecule has 0 aromatic carbocycles. The van der Waals surface area contributed by atoms with Crippen LogP contribution in [0, 0.1) is 5.92 Å². The normalized spacial score (nSPS) is 16.6. The summed E-state index contributed by atoms with van der Waals surface area (Å²) in [4.78, 5) is 14.4. The van der Waals surface area contributed by atoms with Gasteiger partial charge in [-0.15, -0.1) is 11.3 Å². The lowest BCUT2D eigenvalue weighted by Crippen LogP contribution is -2.41. The molecule has 1 amide bonds. The van der Waals surface area contributed by atoms with Crippen molar-refractivity contribution in [2.45, 2.75) is 25.8 Å². The fourth-order valence-electron chi connectivity index (χ4n) is 2.10. The fraction of sp³-hybridized carbons (Fsp3) is 0.615. The van der Waals surface area contributed by atoms with E-state index < -0.39 is 0 Å². The molecule has 2 rings (SSSR count). The molecule has 0 spiro atoms. The molecule has 18 heavy (non-hydrogen) atoms. The molecule has 1 aliphatic carbocycles. The molecule has 1 unspecified atom stereocenters. The number of thiophene rings is 1. The molecule has 1 aromatic heterocycles. The van der Waals surface area contributed by atoms with Gasteiger partial charge in [-0.25, -0.2) is 0 Å². The Bertz CT molecular complexity index is 417. The molecule has 1 saturated carbocycles. The maximum absolute atomic E-state index is 12.5. The predicted molar refractivity (Wildman–Crippen MR) is 77.1 cm³/mol. The molecule has 0 bridgehead atoms. The van der Waals surface area contributed by atoms with Crippen LogP contribution in [-0.2, 0) is 4.74 Å². The molecule has 0 saturated heterocycles. The van der Waals surface area contributed by atoms with Gasteiger partial charge in [0, 0.05) is 25.1 Å². The lowest BCUT2D eigenvalue weighted by Gasteiger charge is -2.29. The van der Waals surface area contributed by atoms with Crippen LogP contribution in [0.3, 0.4) is 0 Å². The Morgan fingerprint density at radius 2 is 2.39 bits per heavy atom. The maximum atomic E-state index is 12.5. The number of ether oxygens (including phenoxy) is 1. The van der Waals surface area contributed by atoms with Gasteiger partial charge in [-0.2, -0.15) is 0 Å². The van der Waals surface area contributed by atoms with Crippen LogP contribution < -0.4 is 0 Å². The van der Waals surface area contributed by atoms with Gasteiger partial charge in [0.15, 0.2) is 0 Å². The van der Waals surface area contributed by atoms with Crippen LogP contribution in [0.2, 0.25) is 0 Å². The zero-order chi connectivity index (χ0) is 13.1. The van der Waals surface area contributed by atoms with Gasteiger partial charge in [0.1, 0.15) is 0 Å². The van der Waals surface area contributed by atoms with Crippen LogP contribution >= 0.6 is 27.3 Å². The first kappa shape index (κ1) is 14.0. The van der Waals surface area contributed by atoms with E-state index in [1.807, 2.05) is 16.3 Å². The lowest BCUT2D eigenvalue weighted by atomic mass is 10.1. The molecule has 0 radical (unpaired) electrons. The third kappa shape index (κ3) is 3.33. The summed E-state index contributed by atoms with van der Waals surface area (Å²) in [6, 6.07) is 2.21. The molecule has 0 N–H and O–H groups in total. The second-order valence-electron chi connectivity index (χ2n) is 4.71. The number of carbonyl (C=O) groups is 1. The highest BCUT2D eigenvalue weighted by Crippen LogP contribution is 2.35. The van der Waals surface area contributed by atoms with Gasteiger partial charge in [0.25, 0.3) is 5.91 Å². The van der Waals surface area contributed by atoms with E-state index in [-0.39, 0.29) is 5.91 Å². The van der Waals surface area contributed by atoms with Crippen LogP contribution in [-0.4, -0.2) is 37.1 Å². The second kappa shape index (κ2) is 6.17. The summed E-state index contributed by atoms with van der Waals surface area (Å²) in [5.74, 6) is 0.793. The van der Waals surface area contributed by atoms with Crippen molar-refractivity contribution >= 4 is 33.2 Å². The zero-order valence-corrected chi connectivity index (χ0v) is 13.1. The average Bonchev–Trinajstić information content (AvgIpc) is 3.11. The van der Waals surface area contributed by atoms with Gasteiger partial charge in [-0.3, -0.25) is 4.79 Å². The smallest absolute Gasteiger partial charge is 0.255 e. The van der Waals surface area contributed by atoms with Crippen LogP contribution in [0.4, 0.5) is 0 Å². The number of hydrogen-bond donors (Lipinski definition) is 0. The third-order valence-electron chi connectivity index (χ3n) is 3.41. The summed E-state index contributed by atoms with van der Waals surface area (Å²) >= 11 is 4.95. The molecule has 1 aromatic rings. The zero-order valence-electron chi connectivity index (χ0n) is 10.7.